The van der Waals surface area contributed by atoms with Crippen LogP contribution in [-0.2, 0) is 107 Å². The van der Waals surface area contributed by atoms with Crippen molar-refractivity contribution < 1.29 is 63.7 Å². The van der Waals surface area contributed by atoms with Crippen LogP contribution in [0, 0.1) is 0 Å². The van der Waals surface area contributed by atoms with Crippen LogP contribution in [0.3, 0.4) is 0 Å². The fourth-order valence-corrected chi connectivity index (χ4v) is 10.1. The first kappa shape index (κ1) is 68.4. The monoisotopic (exact) mass is 1140 g/mol. The van der Waals surface area contributed by atoms with Crippen molar-refractivity contribution in [2.75, 3.05) is 26.6 Å². The summed E-state index contributed by atoms with van der Waals surface area (Å²) in [7, 11) is 0. The number of ether oxygens (including phenoxy) is 4. The predicted octanol–water partition coefficient (Wildman–Crippen LogP) is 13.8. The molecule has 0 atom stereocenters. The molecule has 0 unspecified atom stereocenters. The third kappa shape index (κ3) is 18.2. The zero-order valence-corrected chi connectivity index (χ0v) is 53.6. The molecule has 0 fully saturated rings. The fourth-order valence-electron chi connectivity index (χ4n) is 10.1. The number of rotatable bonds is 22. The van der Waals surface area contributed by atoms with E-state index in [0.717, 1.165) is 33.4 Å². The highest BCUT2D eigenvalue weighted by molar-refractivity contribution is 5.72. The van der Waals surface area contributed by atoms with Gasteiger partial charge in [0.25, 0.3) is 0 Å². The van der Waals surface area contributed by atoms with Crippen molar-refractivity contribution in [1.82, 2.24) is 0 Å². The van der Waals surface area contributed by atoms with Gasteiger partial charge in [0.2, 0.25) is 0 Å². The van der Waals surface area contributed by atoms with Crippen molar-refractivity contribution in [2.24, 2.45) is 0 Å². The number of benzene rings is 4. The minimum absolute atomic E-state index is 0.00513. The molecule has 0 aliphatic carbocycles. The summed E-state index contributed by atoms with van der Waals surface area (Å²) < 4.78 is 22.5. The van der Waals surface area contributed by atoms with Crippen LogP contribution in [0.25, 0.3) is 0 Å². The Morgan fingerprint density at radius 3 is 0.659 bits per heavy atom. The Morgan fingerprint density at radius 2 is 0.476 bits per heavy atom. The van der Waals surface area contributed by atoms with Crippen LogP contribution >= 0.6 is 0 Å². The van der Waals surface area contributed by atoms with E-state index in [1.807, 2.05) is 152 Å². The van der Waals surface area contributed by atoms with Gasteiger partial charge in [-0.25, -0.2) is 0 Å². The second-order valence-corrected chi connectivity index (χ2v) is 29.7. The van der Waals surface area contributed by atoms with E-state index >= 15 is 0 Å². The number of hydrogen-bond acceptors (Lipinski definition) is 13. The standard InChI is InChI=1S/C69H100O13/c1-62(2,3)46-30-42(31-47(58(46)75)63(4,5)6)22-26-54(71)79-38-67(16,17)51-35-43(32-48(59(51)76)64(7,8)9)23-27-55(72)80-39-68(18,19)52-36-44(33-49(60(52)77)65(10,11)12)24-28-56(73)81-40-69(20,21)53-37-45(25-29-57(74)82-41-70)34-50(61(53)78)66(13,14)15/h30-37,70,75-78H,22-29,38-41H2,1-21H3. The largest absolute Gasteiger partial charge is 0.507 e. The number of aryl methyl sites for hydroxylation is 4. The fraction of sp³-hybridized carbons (Fsp3) is 0.594. The van der Waals surface area contributed by atoms with E-state index in [-0.39, 0.29) is 85.3 Å². The zero-order chi connectivity index (χ0) is 62.5. The van der Waals surface area contributed by atoms with Gasteiger partial charge in [0.1, 0.15) is 42.8 Å². The van der Waals surface area contributed by atoms with Crippen molar-refractivity contribution in [1.29, 1.82) is 0 Å². The Kier molecular flexibility index (Phi) is 21.5. The summed E-state index contributed by atoms with van der Waals surface area (Å²) in [4.78, 5) is 52.7. The molecular formula is C69H100O13. The topological polar surface area (TPSA) is 206 Å². The van der Waals surface area contributed by atoms with Gasteiger partial charge < -0.3 is 44.5 Å². The van der Waals surface area contributed by atoms with Gasteiger partial charge in [0.15, 0.2) is 6.79 Å². The molecule has 0 bridgehead atoms. The summed E-state index contributed by atoms with van der Waals surface area (Å²) in [5, 5.41) is 55.4. The third-order valence-electron chi connectivity index (χ3n) is 15.4. The van der Waals surface area contributed by atoms with Crippen molar-refractivity contribution >= 4 is 23.9 Å². The lowest BCUT2D eigenvalue weighted by Gasteiger charge is -2.31. The Labute approximate surface area is 490 Å². The van der Waals surface area contributed by atoms with E-state index in [1.165, 1.54) is 0 Å². The molecule has 4 rings (SSSR count). The highest BCUT2D eigenvalue weighted by Gasteiger charge is 2.35. The van der Waals surface area contributed by atoms with Crippen LogP contribution in [0.4, 0.5) is 0 Å². The summed E-state index contributed by atoms with van der Waals surface area (Å²) in [6.07, 6.45) is 1.60. The summed E-state index contributed by atoms with van der Waals surface area (Å²) in [6.45, 7) is 40.9. The van der Waals surface area contributed by atoms with E-state index in [0.29, 0.717) is 59.1 Å². The van der Waals surface area contributed by atoms with Crippen LogP contribution in [0.2, 0.25) is 0 Å². The van der Waals surface area contributed by atoms with Gasteiger partial charge in [-0.2, -0.15) is 0 Å². The van der Waals surface area contributed by atoms with Crippen molar-refractivity contribution in [3.05, 3.63) is 115 Å². The number of phenols is 4. The van der Waals surface area contributed by atoms with Crippen LogP contribution < -0.4 is 0 Å². The molecule has 82 heavy (non-hydrogen) atoms. The number of aliphatic hydroxyl groups excluding tert-OH is 1. The second kappa shape index (κ2) is 25.8. The molecule has 0 aliphatic rings. The van der Waals surface area contributed by atoms with Gasteiger partial charge >= 0.3 is 23.9 Å². The van der Waals surface area contributed by atoms with E-state index in [4.69, 9.17) is 24.1 Å². The van der Waals surface area contributed by atoms with Gasteiger partial charge in [-0.3, -0.25) is 19.2 Å². The zero-order valence-electron chi connectivity index (χ0n) is 53.6. The normalized spacial score (nSPS) is 13.0. The highest BCUT2D eigenvalue weighted by atomic mass is 16.6. The summed E-state index contributed by atoms with van der Waals surface area (Å²) >= 11 is 0. The molecule has 0 spiro atoms. The molecule has 13 nitrogen and oxygen atoms in total. The Balaban J connectivity index is 1.47. The van der Waals surface area contributed by atoms with Gasteiger partial charge in [-0.15, -0.1) is 0 Å². The molecule has 13 heteroatoms. The predicted molar refractivity (Wildman–Crippen MR) is 324 cm³/mol. The summed E-state index contributed by atoms with van der Waals surface area (Å²) in [5.74, 6) is -1.23. The van der Waals surface area contributed by atoms with Crippen LogP contribution in [-0.4, -0.2) is 76.0 Å². The maximum Gasteiger partial charge on any atom is 0.308 e. The average Bonchev–Trinajstić information content (AvgIpc) is 3.39. The smallest absolute Gasteiger partial charge is 0.308 e. The van der Waals surface area contributed by atoms with E-state index in [1.54, 1.807) is 0 Å². The third-order valence-corrected chi connectivity index (χ3v) is 15.4. The Bertz CT molecular complexity index is 2900. The molecule has 4 aromatic rings. The maximum atomic E-state index is 13.7. The number of carbonyl (C=O) groups is 4. The number of carbonyl (C=O) groups excluding carboxylic acids is 4. The van der Waals surface area contributed by atoms with Gasteiger partial charge in [0.05, 0.1) is 0 Å². The number of hydrogen-bond donors (Lipinski definition) is 5. The van der Waals surface area contributed by atoms with Crippen LogP contribution in [0.15, 0.2) is 48.5 Å². The van der Waals surface area contributed by atoms with E-state index in [9.17, 15) is 39.6 Å². The molecule has 454 valence electrons. The molecule has 0 amide bonds. The van der Waals surface area contributed by atoms with Gasteiger partial charge in [-0.1, -0.05) is 194 Å². The highest BCUT2D eigenvalue weighted by Crippen LogP contribution is 2.45. The average molecular weight is 1140 g/mol. The molecule has 0 aromatic heterocycles. The summed E-state index contributed by atoms with van der Waals surface area (Å²) in [5.41, 5.74) is 4.31. The SMILES string of the molecule is CC(C)(C)c1cc(CCC(=O)OCC(C)(C)c2cc(CCC(=O)OCC(C)(C)c3cc(CCC(=O)OCC(C)(C)c4cc(CCC(=O)OCO)cc(C(C)(C)C)c4O)cc(C(C)(C)C)c3O)cc(C(C)(C)C)c2O)cc(C(C)(C)C)c1O. The van der Waals surface area contributed by atoms with E-state index < -0.39 is 57.2 Å². The molecule has 5 N–H and O–H groups in total. The lowest BCUT2D eigenvalue weighted by molar-refractivity contribution is -0.152. The quantitative estimate of drug-likeness (QED) is 0.0282. The molecule has 0 saturated carbocycles. The van der Waals surface area contributed by atoms with Crippen molar-refractivity contribution in [3.8, 4) is 23.0 Å². The Morgan fingerprint density at radius 1 is 0.305 bits per heavy atom. The number of phenolic OH excluding ortho intramolecular Hbond substituents is 4. The molecule has 0 heterocycles. The van der Waals surface area contributed by atoms with E-state index in [2.05, 4.69) is 41.5 Å². The van der Waals surface area contributed by atoms with Crippen molar-refractivity contribution in [2.45, 2.75) is 240 Å². The maximum absolute atomic E-state index is 13.7. The number of esters is 4. The van der Waals surface area contributed by atoms with Crippen LogP contribution in [0.5, 0.6) is 23.0 Å². The first-order valence-electron chi connectivity index (χ1n) is 29.0. The molecule has 0 radical (unpaired) electrons. The Hall–Kier alpha value is -6.08. The van der Waals surface area contributed by atoms with Gasteiger partial charge in [-0.05, 0) is 103 Å². The first-order valence-corrected chi connectivity index (χ1v) is 29.0. The number of aliphatic hydroxyl groups is 1. The lowest BCUT2D eigenvalue weighted by atomic mass is 9.77. The van der Waals surface area contributed by atoms with Crippen molar-refractivity contribution in [3.63, 3.8) is 0 Å². The minimum Gasteiger partial charge on any atom is -0.507 e. The molecule has 0 aliphatic heterocycles. The second-order valence-electron chi connectivity index (χ2n) is 29.7. The molecule has 0 saturated heterocycles. The molecule has 4 aromatic carbocycles. The first-order chi connectivity index (χ1) is 37.3. The lowest BCUT2D eigenvalue weighted by Crippen LogP contribution is -2.28. The summed E-state index contributed by atoms with van der Waals surface area (Å²) in [6, 6.07) is 15.2. The number of aromatic hydroxyl groups is 4. The van der Waals surface area contributed by atoms with Crippen LogP contribution in [0.1, 0.15) is 238 Å². The molecular weight excluding hydrogens is 1040 g/mol. The van der Waals surface area contributed by atoms with Gasteiger partial charge in [0, 0.05) is 58.6 Å². The minimum atomic E-state index is -0.858.